The molecule has 0 aliphatic rings. The van der Waals surface area contributed by atoms with Crippen LogP contribution in [0.5, 0.6) is 0 Å². The van der Waals surface area contributed by atoms with E-state index in [1.54, 1.807) is 32.2 Å². The van der Waals surface area contributed by atoms with E-state index in [2.05, 4.69) is 11.1 Å². The minimum absolute atomic E-state index is 0.696. The average Bonchev–Trinajstić information content (AvgIpc) is 3.49. The van der Waals surface area contributed by atoms with Crippen LogP contribution < -0.4 is 4.73 Å². The lowest BCUT2D eigenvalue weighted by molar-refractivity contribution is -0.605. The fraction of sp³-hybridized carbons (Fsp3) is 0.147. The van der Waals surface area contributed by atoms with Gasteiger partial charge in [-0.05, 0) is 66.9 Å². The van der Waals surface area contributed by atoms with Gasteiger partial charge < -0.3 is 5.21 Å². The molecule has 0 fully saturated rings. The molecule has 228 valence electrons. The standard InChI is InChI=1S/C34H29N3O5S3/c1-34(2,45(4,39)40)27-20-25-9-6-16-35-30(25)29(21-27)24-7-5-8-26(19-24)32-31(22-10-12-28(13-11-22)44-42-41-3)36-33(43-32)23-14-17-37(38)18-15-23/h5-21H,1-4H3. The Bertz CT molecular complexity index is 2110. The molecule has 0 bridgehead atoms. The van der Waals surface area contributed by atoms with Crippen molar-refractivity contribution in [2.24, 2.45) is 0 Å². The molecule has 11 heteroatoms. The van der Waals surface area contributed by atoms with Gasteiger partial charge in [0.15, 0.2) is 22.2 Å². The van der Waals surface area contributed by atoms with Gasteiger partial charge in [0.05, 0.1) is 40.0 Å². The van der Waals surface area contributed by atoms with Crippen LogP contribution >= 0.6 is 23.4 Å². The maximum atomic E-state index is 12.8. The lowest BCUT2D eigenvalue weighted by atomic mass is 9.92. The maximum absolute atomic E-state index is 12.8. The van der Waals surface area contributed by atoms with Crippen LogP contribution in [-0.2, 0) is 23.8 Å². The Morgan fingerprint density at radius 2 is 1.62 bits per heavy atom. The molecule has 0 saturated carbocycles. The molecule has 3 aromatic heterocycles. The number of sulfone groups is 1. The molecule has 0 amide bonds. The van der Waals surface area contributed by atoms with Crippen molar-refractivity contribution in [2.75, 3.05) is 13.4 Å². The second kappa shape index (κ2) is 12.3. The summed E-state index contributed by atoms with van der Waals surface area (Å²) in [6.45, 7) is 3.46. The molecule has 0 atom stereocenters. The normalized spacial score (nSPS) is 12.1. The number of benzene rings is 3. The first-order valence-corrected chi connectivity index (χ1v) is 17.4. The first-order valence-electron chi connectivity index (χ1n) is 13.9. The monoisotopic (exact) mass is 655 g/mol. The first kappa shape index (κ1) is 30.9. The summed E-state index contributed by atoms with van der Waals surface area (Å²) in [6, 6.07) is 27.1. The predicted octanol–water partition coefficient (Wildman–Crippen LogP) is 7.86. The number of fused-ring (bicyclic) bond motifs is 1. The molecule has 3 heterocycles. The predicted molar refractivity (Wildman–Crippen MR) is 180 cm³/mol. The van der Waals surface area contributed by atoms with Crippen molar-refractivity contribution in [1.29, 1.82) is 0 Å². The molecule has 0 saturated heterocycles. The number of thiazole rings is 1. The summed E-state index contributed by atoms with van der Waals surface area (Å²) in [4.78, 5) is 16.3. The smallest absolute Gasteiger partial charge is 0.181 e. The number of aromatic nitrogens is 3. The van der Waals surface area contributed by atoms with E-state index in [0.29, 0.717) is 5.56 Å². The third-order valence-corrected chi connectivity index (χ3v) is 11.7. The quantitative estimate of drug-likeness (QED) is 0.0510. The van der Waals surface area contributed by atoms with Gasteiger partial charge in [0.25, 0.3) is 0 Å². The van der Waals surface area contributed by atoms with Gasteiger partial charge in [-0.1, -0.05) is 36.4 Å². The van der Waals surface area contributed by atoms with Crippen molar-refractivity contribution in [3.63, 3.8) is 0 Å². The van der Waals surface area contributed by atoms with Gasteiger partial charge in [-0.2, -0.15) is 9.06 Å². The summed E-state index contributed by atoms with van der Waals surface area (Å²) < 4.78 is 30.3. The highest BCUT2D eigenvalue weighted by Crippen LogP contribution is 2.43. The van der Waals surface area contributed by atoms with E-state index in [4.69, 9.17) is 14.2 Å². The highest BCUT2D eigenvalue weighted by molar-refractivity contribution is 7.94. The SMILES string of the molecule is COOSc1ccc(-c2nc(-c3cc[n+]([O-])cc3)sc2-c2cccc(-c3cc(C(C)(C)S(C)(=O)=O)cc4cccnc34)c2)cc1. The number of hydrogen-bond donors (Lipinski definition) is 0. The molecule has 6 rings (SSSR count). The molecule has 0 aliphatic carbocycles. The number of pyridine rings is 2. The Morgan fingerprint density at radius 1 is 0.889 bits per heavy atom. The molecule has 45 heavy (non-hydrogen) atoms. The van der Waals surface area contributed by atoms with Crippen molar-refractivity contribution in [1.82, 2.24) is 9.97 Å². The third-order valence-electron chi connectivity index (χ3n) is 7.77. The van der Waals surface area contributed by atoms with Crippen LogP contribution in [0.4, 0.5) is 0 Å². The minimum Gasteiger partial charge on any atom is -0.619 e. The van der Waals surface area contributed by atoms with Gasteiger partial charge in [0, 0.05) is 51.6 Å². The van der Waals surface area contributed by atoms with Crippen molar-refractivity contribution in [3.05, 3.63) is 114 Å². The molecule has 0 radical (unpaired) electrons. The Balaban J connectivity index is 1.51. The van der Waals surface area contributed by atoms with Crippen LogP contribution in [0.2, 0.25) is 0 Å². The van der Waals surface area contributed by atoms with Gasteiger partial charge >= 0.3 is 0 Å². The molecule has 8 nitrogen and oxygen atoms in total. The average molecular weight is 656 g/mol. The summed E-state index contributed by atoms with van der Waals surface area (Å²) in [6.07, 6.45) is 5.93. The van der Waals surface area contributed by atoms with Gasteiger partial charge in [0.2, 0.25) is 0 Å². The van der Waals surface area contributed by atoms with E-state index >= 15 is 0 Å². The zero-order valence-electron chi connectivity index (χ0n) is 24.9. The van der Waals surface area contributed by atoms with Crippen LogP contribution in [0.25, 0.3) is 54.3 Å². The highest BCUT2D eigenvalue weighted by atomic mass is 32.2. The molecule has 0 N–H and O–H groups in total. The summed E-state index contributed by atoms with van der Waals surface area (Å²) in [5.41, 5.74) is 6.72. The molecular formula is C34H29N3O5S3. The fourth-order valence-corrected chi connectivity index (χ4v) is 6.96. The third kappa shape index (κ3) is 6.22. The zero-order chi connectivity index (χ0) is 31.8. The van der Waals surface area contributed by atoms with Gasteiger partial charge in [-0.3, -0.25) is 4.98 Å². The topological polar surface area (TPSA) is 105 Å². The fourth-order valence-electron chi connectivity index (χ4n) is 4.93. The highest BCUT2D eigenvalue weighted by Gasteiger charge is 2.33. The second-order valence-corrected chi connectivity index (χ2v) is 15.3. The van der Waals surface area contributed by atoms with E-state index < -0.39 is 14.6 Å². The second-order valence-electron chi connectivity index (χ2n) is 10.9. The summed E-state index contributed by atoms with van der Waals surface area (Å²) in [5, 5.41) is 13.4. The van der Waals surface area contributed by atoms with Crippen LogP contribution in [-0.4, -0.2) is 31.8 Å². The van der Waals surface area contributed by atoms with Crippen molar-refractivity contribution >= 4 is 44.1 Å². The van der Waals surface area contributed by atoms with E-state index in [1.807, 2.05) is 66.7 Å². The Hall–Kier alpha value is -4.13. The van der Waals surface area contributed by atoms with Crippen LogP contribution in [0.1, 0.15) is 19.4 Å². The lowest BCUT2D eigenvalue weighted by Crippen LogP contribution is -2.28. The zero-order valence-corrected chi connectivity index (χ0v) is 27.4. The van der Waals surface area contributed by atoms with E-state index in [9.17, 15) is 13.6 Å². The first-order chi connectivity index (χ1) is 21.5. The number of hydrogen-bond acceptors (Lipinski definition) is 9. The van der Waals surface area contributed by atoms with Crippen LogP contribution in [0, 0.1) is 5.21 Å². The summed E-state index contributed by atoms with van der Waals surface area (Å²) in [7, 11) is -1.95. The van der Waals surface area contributed by atoms with Crippen molar-refractivity contribution in [3.8, 4) is 43.4 Å². The van der Waals surface area contributed by atoms with Gasteiger partial charge in [-0.15, -0.1) is 11.3 Å². The molecule has 0 aliphatic heterocycles. The Morgan fingerprint density at radius 3 is 2.33 bits per heavy atom. The Kier molecular flexibility index (Phi) is 8.47. The van der Waals surface area contributed by atoms with Crippen molar-refractivity contribution < 1.29 is 22.4 Å². The number of rotatable bonds is 9. The van der Waals surface area contributed by atoms with Gasteiger partial charge in [-0.25, -0.2) is 18.3 Å². The van der Waals surface area contributed by atoms with Crippen LogP contribution in [0.15, 0.2) is 108 Å². The maximum Gasteiger partial charge on any atom is 0.181 e. The summed E-state index contributed by atoms with van der Waals surface area (Å²) in [5.74, 6) is 0. The number of nitrogens with zero attached hydrogens (tertiary/aromatic N) is 3. The molecule has 3 aromatic carbocycles. The molecule has 0 spiro atoms. The van der Waals surface area contributed by atoms with E-state index in [0.717, 1.165) is 76.0 Å². The van der Waals surface area contributed by atoms with Crippen LogP contribution in [0.3, 0.4) is 0 Å². The van der Waals surface area contributed by atoms with E-state index in [1.165, 1.54) is 37.1 Å². The van der Waals surface area contributed by atoms with Crippen molar-refractivity contribution in [2.45, 2.75) is 23.5 Å². The minimum atomic E-state index is -3.41. The molecular weight excluding hydrogens is 627 g/mol. The van der Waals surface area contributed by atoms with Gasteiger partial charge in [0.1, 0.15) is 5.01 Å². The lowest BCUT2D eigenvalue weighted by Gasteiger charge is -2.24. The molecule has 6 aromatic rings. The Labute approximate surface area is 270 Å². The molecule has 0 unspecified atom stereocenters. The largest absolute Gasteiger partial charge is 0.619 e. The summed E-state index contributed by atoms with van der Waals surface area (Å²) >= 11 is 2.65. The van der Waals surface area contributed by atoms with E-state index in [-0.39, 0.29) is 0 Å².